The van der Waals surface area contributed by atoms with Gasteiger partial charge in [0.05, 0.1) is 12.4 Å². The van der Waals surface area contributed by atoms with Gasteiger partial charge in [0.15, 0.2) is 5.75 Å². The molecule has 0 saturated heterocycles. The summed E-state index contributed by atoms with van der Waals surface area (Å²) in [5, 5.41) is 7.65. The Kier molecular flexibility index (Phi) is 4.20. The Hall–Kier alpha value is -1.88. The highest BCUT2D eigenvalue weighted by Crippen LogP contribution is 2.23. The summed E-state index contributed by atoms with van der Waals surface area (Å²) in [6.45, 7) is 3.05. The molecule has 0 aliphatic heterocycles. The maximum atomic E-state index is 5.83. The molecule has 21 heavy (non-hydrogen) atoms. The molecule has 1 fully saturated rings. The van der Waals surface area contributed by atoms with E-state index in [0.717, 1.165) is 30.8 Å². The predicted molar refractivity (Wildman–Crippen MR) is 81.4 cm³/mol. The van der Waals surface area contributed by atoms with Gasteiger partial charge >= 0.3 is 0 Å². The second-order valence-corrected chi connectivity index (χ2v) is 5.66. The molecule has 3 rings (SSSR count). The van der Waals surface area contributed by atoms with Gasteiger partial charge in [-0.1, -0.05) is 13.3 Å². The van der Waals surface area contributed by atoms with E-state index in [4.69, 9.17) is 4.74 Å². The molecule has 0 spiro atoms. The van der Waals surface area contributed by atoms with Gasteiger partial charge < -0.3 is 10.1 Å². The van der Waals surface area contributed by atoms with Crippen molar-refractivity contribution in [3.05, 3.63) is 35.8 Å². The second-order valence-electron chi connectivity index (χ2n) is 5.66. The molecule has 0 atom stereocenters. The van der Waals surface area contributed by atoms with Gasteiger partial charge in [-0.2, -0.15) is 5.10 Å². The topological polar surface area (TPSA) is 52.0 Å². The highest BCUT2D eigenvalue weighted by atomic mass is 16.5. The van der Waals surface area contributed by atoms with Crippen molar-refractivity contribution in [2.75, 3.05) is 0 Å². The maximum Gasteiger partial charge on any atom is 0.219 e. The fraction of sp³-hybridized carbons (Fsp3) is 0.500. The first-order valence-corrected chi connectivity index (χ1v) is 7.62. The summed E-state index contributed by atoms with van der Waals surface area (Å²) in [4.78, 5) is 4.58. The van der Waals surface area contributed by atoms with Crippen molar-refractivity contribution in [2.45, 2.75) is 45.2 Å². The molecule has 0 radical (unpaired) electrons. The zero-order valence-electron chi connectivity index (χ0n) is 12.7. The van der Waals surface area contributed by atoms with E-state index in [-0.39, 0.29) is 0 Å². The average molecular weight is 286 g/mol. The van der Waals surface area contributed by atoms with Crippen LogP contribution in [0.15, 0.2) is 24.5 Å². The summed E-state index contributed by atoms with van der Waals surface area (Å²) in [6, 6.07) is 4.90. The molecule has 2 aromatic rings. The normalized spacial score (nSPS) is 14.4. The second kappa shape index (κ2) is 6.26. The molecule has 112 valence electrons. The third-order valence-electron chi connectivity index (χ3n) is 3.50. The van der Waals surface area contributed by atoms with Crippen LogP contribution >= 0.6 is 0 Å². The molecule has 5 nitrogen and oxygen atoms in total. The number of nitrogens with zero attached hydrogens (tertiary/aromatic N) is 3. The van der Waals surface area contributed by atoms with E-state index in [1.165, 1.54) is 18.4 Å². The quantitative estimate of drug-likeness (QED) is 0.850. The number of hydrogen-bond donors (Lipinski definition) is 1. The van der Waals surface area contributed by atoms with Crippen LogP contribution in [0.25, 0.3) is 0 Å². The smallest absolute Gasteiger partial charge is 0.219 e. The molecular formula is C16H22N4O. The minimum atomic E-state index is 0.654. The number of ether oxygens (including phenoxy) is 1. The molecule has 1 N–H and O–H groups in total. The van der Waals surface area contributed by atoms with Gasteiger partial charge in [-0.3, -0.25) is 4.68 Å². The Morgan fingerprint density at radius 2 is 2.24 bits per heavy atom. The van der Waals surface area contributed by atoms with Crippen LogP contribution in [0.2, 0.25) is 0 Å². The van der Waals surface area contributed by atoms with Crippen molar-refractivity contribution in [3.63, 3.8) is 0 Å². The van der Waals surface area contributed by atoms with E-state index in [2.05, 4.69) is 28.4 Å². The number of aromatic nitrogens is 3. The highest BCUT2D eigenvalue weighted by molar-refractivity contribution is 5.29. The highest BCUT2D eigenvalue weighted by Gasteiger charge is 2.20. The average Bonchev–Trinajstić information content (AvgIpc) is 3.20. The molecule has 1 aliphatic carbocycles. The molecule has 0 amide bonds. The molecule has 0 bridgehead atoms. The summed E-state index contributed by atoms with van der Waals surface area (Å²) in [6.07, 6.45) is 8.20. The Morgan fingerprint density at radius 3 is 2.90 bits per heavy atom. The van der Waals surface area contributed by atoms with Crippen LogP contribution < -0.4 is 10.1 Å². The van der Waals surface area contributed by atoms with Crippen LogP contribution in [0.4, 0.5) is 0 Å². The van der Waals surface area contributed by atoms with E-state index < -0.39 is 0 Å². The Morgan fingerprint density at radius 1 is 1.38 bits per heavy atom. The van der Waals surface area contributed by atoms with E-state index in [1.54, 1.807) is 10.9 Å². The van der Waals surface area contributed by atoms with Gasteiger partial charge in [-0.25, -0.2) is 4.98 Å². The van der Waals surface area contributed by atoms with Crippen LogP contribution in [0.1, 0.15) is 37.4 Å². The van der Waals surface area contributed by atoms with Gasteiger partial charge in [0, 0.05) is 31.4 Å². The van der Waals surface area contributed by atoms with Gasteiger partial charge in [-0.15, -0.1) is 0 Å². The van der Waals surface area contributed by atoms with Crippen molar-refractivity contribution < 1.29 is 4.74 Å². The number of rotatable bonds is 7. The molecular weight excluding hydrogens is 264 g/mol. The first-order chi connectivity index (χ1) is 10.2. The summed E-state index contributed by atoms with van der Waals surface area (Å²) in [5.41, 5.74) is 2.32. The van der Waals surface area contributed by atoms with E-state index in [9.17, 15) is 0 Å². The lowest BCUT2D eigenvalue weighted by molar-refractivity contribution is 0.458. The monoisotopic (exact) mass is 286 g/mol. The summed E-state index contributed by atoms with van der Waals surface area (Å²) in [5.74, 6) is 1.38. The van der Waals surface area contributed by atoms with Crippen molar-refractivity contribution in [1.29, 1.82) is 0 Å². The maximum absolute atomic E-state index is 5.83. The zero-order valence-corrected chi connectivity index (χ0v) is 12.7. The standard InChI is InChI=1S/C16H22N4O/c1-3-4-14-7-12(9-17-13-5-6-13)8-16(19-14)21-15-10-18-20(2)11-15/h7-8,10-11,13,17H,3-6,9H2,1-2H3. The first-order valence-electron chi connectivity index (χ1n) is 7.62. The number of pyridine rings is 1. The summed E-state index contributed by atoms with van der Waals surface area (Å²) in [7, 11) is 1.87. The lowest BCUT2D eigenvalue weighted by Crippen LogP contribution is -2.15. The van der Waals surface area contributed by atoms with Crippen LogP contribution in [-0.2, 0) is 20.0 Å². The fourth-order valence-electron chi connectivity index (χ4n) is 2.28. The minimum absolute atomic E-state index is 0.654. The van der Waals surface area contributed by atoms with Crippen molar-refractivity contribution in [2.24, 2.45) is 7.05 Å². The lowest BCUT2D eigenvalue weighted by atomic mass is 10.1. The predicted octanol–water partition coefficient (Wildman–Crippen LogP) is 2.81. The van der Waals surface area contributed by atoms with Crippen molar-refractivity contribution >= 4 is 0 Å². The number of aryl methyl sites for hydroxylation is 2. The zero-order chi connectivity index (χ0) is 14.7. The molecule has 5 heteroatoms. The van der Waals surface area contributed by atoms with Crippen molar-refractivity contribution in [1.82, 2.24) is 20.1 Å². The van der Waals surface area contributed by atoms with E-state index in [1.807, 2.05) is 19.3 Å². The SMILES string of the molecule is CCCc1cc(CNC2CC2)cc(Oc2cnn(C)c2)n1. The van der Waals surface area contributed by atoms with E-state index in [0.29, 0.717) is 11.9 Å². The van der Waals surface area contributed by atoms with Crippen molar-refractivity contribution in [3.8, 4) is 11.6 Å². The van der Waals surface area contributed by atoms with Gasteiger partial charge in [-0.05, 0) is 30.9 Å². The van der Waals surface area contributed by atoms with Crippen LogP contribution in [0.3, 0.4) is 0 Å². The Balaban J connectivity index is 1.76. The van der Waals surface area contributed by atoms with Gasteiger partial charge in [0.2, 0.25) is 5.88 Å². The molecule has 0 aromatic carbocycles. The molecule has 1 aliphatic rings. The molecule has 2 aromatic heterocycles. The van der Waals surface area contributed by atoms with Gasteiger partial charge in [0.1, 0.15) is 0 Å². The molecule has 1 saturated carbocycles. The Bertz CT molecular complexity index is 604. The lowest BCUT2D eigenvalue weighted by Gasteiger charge is -2.09. The first kappa shape index (κ1) is 14.1. The molecule has 0 unspecified atom stereocenters. The number of nitrogens with one attached hydrogen (secondary N) is 1. The van der Waals surface area contributed by atoms with Crippen LogP contribution in [0, 0.1) is 0 Å². The molecule has 2 heterocycles. The minimum Gasteiger partial charge on any atom is -0.436 e. The summed E-state index contributed by atoms with van der Waals surface area (Å²) < 4.78 is 7.55. The third-order valence-corrected chi connectivity index (χ3v) is 3.50. The van der Waals surface area contributed by atoms with Crippen LogP contribution in [-0.4, -0.2) is 20.8 Å². The third kappa shape index (κ3) is 4.04. The van der Waals surface area contributed by atoms with Gasteiger partial charge in [0.25, 0.3) is 0 Å². The fourth-order valence-corrected chi connectivity index (χ4v) is 2.28. The van der Waals surface area contributed by atoms with Crippen LogP contribution in [0.5, 0.6) is 11.6 Å². The van der Waals surface area contributed by atoms with E-state index >= 15 is 0 Å². The number of hydrogen-bond acceptors (Lipinski definition) is 4. The largest absolute Gasteiger partial charge is 0.436 e. The Labute approximate surface area is 125 Å². The summed E-state index contributed by atoms with van der Waals surface area (Å²) >= 11 is 0.